The number of hydrogen-bond donors (Lipinski definition) is 4. The van der Waals surface area contributed by atoms with Crippen LogP contribution in [0.4, 0.5) is 17.1 Å². The molecule has 0 amide bonds. The molecule has 7 heteroatoms. The van der Waals surface area contributed by atoms with Gasteiger partial charge < -0.3 is 22.3 Å². The zero-order valence-corrected chi connectivity index (χ0v) is 13.6. The number of aliphatic hydroxyl groups is 1. The van der Waals surface area contributed by atoms with Crippen LogP contribution in [0, 0.1) is 6.57 Å². The van der Waals surface area contributed by atoms with Crippen LogP contribution in [-0.2, 0) is 6.54 Å². The van der Waals surface area contributed by atoms with Crippen molar-refractivity contribution in [1.82, 2.24) is 0 Å². The van der Waals surface area contributed by atoms with Gasteiger partial charge in [-0.1, -0.05) is 41.4 Å². The minimum absolute atomic E-state index is 0.454. The maximum absolute atomic E-state index is 7.00. The highest BCUT2D eigenvalue weighted by molar-refractivity contribution is 6.33. The summed E-state index contributed by atoms with van der Waals surface area (Å²) in [4.78, 5) is 3.18. The molecule has 0 heterocycles. The molecule has 0 aromatic heterocycles. The molecule has 0 aliphatic carbocycles. The van der Waals surface area contributed by atoms with Crippen molar-refractivity contribution >= 4 is 40.3 Å². The Morgan fingerprint density at radius 1 is 1.00 bits per heavy atom. The van der Waals surface area contributed by atoms with Crippen LogP contribution in [-0.4, -0.2) is 12.2 Å². The summed E-state index contributed by atoms with van der Waals surface area (Å²) in [6.07, 6.45) is 0. The Morgan fingerprint density at radius 3 is 1.91 bits per heavy atom. The fourth-order valence-corrected chi connectivity index (χ4v) is 1.56. The van der Waals surface area contributed by atoms with Crippen LogP contribution >= 0.6 is 23.2 Å². The molecule has 0 saturated heterocycles. The fraction of sp³-hybridized carbons (Fsp3) is 0.133. The first kappa shape index (κ1) is 20.0. The molecule has 0 aliphatic rings. The van der Waals surface area contributed by atoms with Gasteiger partial charge in [-0.15, -0.1) is 0 Å². The fourth-order valence-electron chi connectivity index (χ4n) is 1.32. The predicted molar refractivity (Wildman–Crippen MR) is 94.0 cm³/mol. The van der Waals surface area contributed by atoms with Gasteiger partial charge in [0.25, 0.3) is 0 Å². The Bertz CT molecular complexity index is 642. The monoisotopic (exact) mass is 340 g/mol. The van der Waals surface area contributed by atoms with Crippen LogP contribution in [0.25, 0.3) is 4.85 Å². The first-order chi connectivity index (χ1) is 10.5. The molecule has 7 N–H and O–H groups in total. The highest BCUT2D eigenvalue weighted by Gasteiger charge is 1.95. The third kappa shape index (κ3) is 6.66. The maximum atomic E-state index is 7.00. The van der Waals surface area contributed by atoms with E-state index in [1.807, 2.05) is 6.07 Å². The van der Waals surface area contributed by atoms with Crippen LogP contribution in [0.5, 0.6) is 0 Å². The average Bonchev–Trinajstić information content (AvgIpc) is 2.55. The van der Waals surface area contributed by atoms with Crippen LogP contribution in [0.1, 0.15) is 5.56 Å². The number of hydrogen-bond acceptors (Lipinski definition) is 4. The van der Waals surface area contributed by atoms with Crippen LogP contribution in [0.3, 0.4) is 0 Å². The van der Waals surface area contributed by atoms with E-state index in [9.17, 15) is 0 Å². The molecule has 2 rings (SSSR count). The largest absolute Gasteiger partial charge is 0.400 e. The van der Waals surface area contributed by atoms with Crippen molar-refractivity contribution < 1.29 is 5.11 Å². The van der Waals surface area contributed by atoms with Crippen molar-refractivity contribution in [2.75, 3.05) is 18.6 Å². The summed E-state index contributed by atoms with van der Waals surface area (Å²) in [5.41, 5.74) is 18.9. The normalized spacial score (nSPS) is 8.73. The van der Waals surface area contributed by atoms with E-state index in [4.69, 9.17) is 52.1 Å². The Balaban J connectivity index is 0.000000360. The second-order valence-electron chi connectivity index (χ2n) is 3.88. The number of anilines is 2. The zero-order valence-electron chi connectivity index (χ0n) is 12.1. The molecule has 0 aliphatic heterocycles. The highest BCUT2D eigenvalue weighted by atomic mass is 35.5. The minimum atomic E-state index is 0.454. The van der Waals surface area contributed by atoms with E-state index in [-0.39, 0.29) is 0 Å². The second kappa shape index (κ2) is 10.7. The van der Waals surface area contributed by atoms with E-state index in [2.05, 4.69) is 4.85 Å². The molecule has 22 heavy (non-hydrogen) atoms. The molecular formula is C15H18Cl2N4O. The van der Waals surface area contributed by atoms with Gasteiger partial charge in [-0.2, -0.15) is 0 Å². The van der Waals surface area contributed by atoms with E-state index in [1.54, 1.807) is 30.3 Å². The molecule has 0 spiro atoms. The van der Waals surface area contributed by atoms with Crippen molar-refractivity contribution in [2.45, 2.75) is 6.54 Å². The molecular weight excluding hydrogens is 323 g/mol. The quantitative estimate of drug-likeness (QED) is 0.471. The molecule has 0 unspecified atom stereocenters. The predicted octanol–water partition coefficient (Wildman–Crippen LogP) is 3.46. The van der Waals surface area contributed by atoms with Gasteiger partial charge in [-0.05, 0) is 23.8 Å². The number of nitrogens with zero attached hydrogens (tertiary/aromatic N) is 1. The smallest absolute Gasteiger partial charge is 0.189 e. The molecule has 0 saturated carbocycles. The Morgan fingerprint density at radius 2 is 1.50 bits per heavy atom. The van der Waals surface area contributed by atoms with E-state index < -0.39 is 0 Å². The lowest BCUT2D eigenvalue weighted by Gasteiger charge is -1.99. The van der Waals surface area contributed by atoms with Gasteiger partial charge in [0.1, 0.15) is 0 Å². The van der Waals surface area contributed by atoms with Gasteiger partial charge in [-0.3, -0.25) is 0 Å². The van der Waals surface area contributed by atoms with Crippen LogP contribution < -0.4 is 17.2 Å². The molecule has 5 nitrogen and oxygen atoms in total. The van der Waals surface area contributed by atoms with Gasteiger partial charge in [0.15, 0.2) is 5.69 Å². The summed E-state index contributed by atoms with van der Waals surface area (Å²) in [5, 5.41) is 8.07. The van der Waals surface area contributed by atoms with E-state index >= 15 is 0 Å². The van der Waals surface area contributed by atoms with Crippen LogP contribution in [0.15, 0.2) is 36.4 Å². The first-order valence-electron chi connectivity index (χ1n) is 6.09. The number of rotatable bonds is 1. The summed E-state index contributed by atoms with van der Waals surface area (Å²) >= 11 is 11.3. The molecule has 0 fully saturated rings. The van der Waals surface area contributed by atoms with Crippen molar-refractivity contribution in [3.63, 3.8) is 0 Å². The standard InChI is InChI=1S/C7H5ClN2.C7H9ClN2.CH4O/c1-10-5-2-3-6(8)7(9)4-5;8-6-2-1-5(4-9)3-7(6)10;1-2/h2-4H,9H2;1-3H,4,9-10H2;2H,1H3. The summed E-state index contributed by atoms with van der Waals surface area (Å²) in [6.45, 7) is 7.14. The summed E-state index contributed by atoms with van der Waals surface area (Å²) in [6, 6.07) is 10.2. The molecule has 2 aromatic rings. The lowest BCUT2D eigenvalue weighted by atomic mass is 10.2. The topological polar surface area (TPSA) is 103 Å². The van der Waals surface area contributed by atoms with Gasteiger partial charge >= 0.3 is 0 Å². The zero-order chi connectivity index (χ0) is 17.1. The number of nitrogens with two attached hydrogens (primary N) is 3. The number of halogens is 2. The van der Waals surface area contributed by atoms with Gasteiger partial charge in [0.2, 0.25) is 0 Å². The van der Waals surface area contributed by atoms with Crippen molar-refractivity contribution in [3.8, 4) is 0 Å². The third-order valence-electron chi connectivity index (χ3n) is 2.40. The van der Waals surface area contributed by atoms with Crippen molar-refractivity contribution in [3.05, 3.63) is 63.4 Å². The second-order valence-corrected chi connectivity index (χ2v) is 4.69. The van der Waals surface area contributed by atoms with E-state index in [0.29, 0.717) is 33.7 Å². The van der Waals surface area contributed by atoms with Gasteiger partial charge in [0, 0.05) is 19.3 Å². The Hall–Kier alpha value is -1.97. The molecule has 0 radical (unpaired) electrons. The molecule has 0 atom stereocenters. The SMILES string of the molecule is CO.NCc1ccc(Cl)c(N)c1.[C-]#[N+]c1ccc(Cl)c(N)c1. The first-order valence-corrected chi connectivity index (χ1v) is 6.84. The van der Waals surface area contributed by atoms with E-state index in [0.717, 1.165) is 12.7 Å². The average molecular weight is 341 g/mol. The number of nitrogen functional groups attached to an aromatic ring is 2. The maximum Gasteiger partial charge on any atom is 0.189 e. The van der Waals surface area contributed by atoms with Crippen LogP contribution in [0.2, 0.25) is 10.0 Å². The van der Waals surface area contributed by atoms with E-state index in [1.165, 1.54) is 0 Å². The lowest BCUT2D eigenvalue weighted by Crippen LogP contribution is -1.97. The minimum Gasteiger partial charge on any atom is -0.400 e. The summed E-state index contributed by atoms with van der Waals surface area (Å²) < 4.78 is 0. The van der Waals surface area contributed by atoms with Gasteiger partial charge in [-0.25, -0.2) is 4.85 Å². The number of benzene rings is 2. The molecule has 118 valence electrons. The highest BCUT2D eigenvalue weighted by Crippen LogP contribution is 2.23. The number of aliphatic hydroxyl groups excluding tert-OH is 1. The van der Waals surface area contributed by atoms with Crippen molar-refractivity contribution in [2.24, 2.45) is 5.73 Å². The Kier molecular flexibility index (Phi) is 9.75. The summed E-state index contributed by atoms with van der Waals surface area (Å²) in [5.74, 6) is 0. The van der Waals surface area contributed by atoms with Crippen molar-refractivity contribution in [1.29, 1.82) is 0 Å². The Labute approximate surface area is 140 Å². The molecule has 0 bridgehead atoms. The lowest BCUT2D eigenvalue weighted by molar-refractivity contribution is 0.399. The third-order valence-corrected chi connectivity index (χ3v) is 3.09. The van der Waals surface area contributed by atoms with Gasteiger partial charge in [0.05, 0.1) is 22.3 Å². The molecule has 2 aromatic carbocycles. The summed E-state index contributed by atoms with van der Waals surface area (Å²) in [7, 11) is 1.00.